The average Bonchev–Trinajstić information content (AvgIpc) is 2.27. The largest absolute Gasteiger partial charge is 0.290 e. The molecular weight excluding hydrogens is 224 g/mol. The van der Waals surface area contributed by atoms with Crippen LogP contribution in [0.25, 0.3) is 0 Å². The third-order valence-electron chi connectivity index (χ3n) is 2.34. The Morgan fingerprint density at radius 1 is 1.00 bits per heavy atom. The molecule has 3 heteroatoms. The van der Waals surface area contributed by atoms with Gasteiger partial charge in [-0.15, -0.1) is 0 Å². The first-order valence-corrected chi connectivity index (χ1v) is 5.24. The molecule has 1 aliphatic rings. The first kappa shape index (κ1) is 10.8. The molecule has 2 rings (SSSR count). The summed E-state index contributed by atoms with van der Waals surface area (Å²) in [5.74, 6) is -0.238. The molecule has 1 aromatic carbocycles. The molecule has 0 radical (unpaired) electrons. The van der Waals surface area contributed by atoms with Crippen molar-refractivity contribution in [2.24, 2.45) is 0 Å². The summed E-state index contributed by atoms with van der Waals surface area (Å²) in [6.45, 7) is 0. The number of allylic oxidation sites excluding steroid dienone is 4. The van der Waals surface area contributed by atoms with Gasteiger partial charge in [-0.1, -0.05) is 23.7 Å². The van der Waals surface area contributed by atoms with Crippen LogP contribution in [0.4, 0.5) is 0 Å². The maximum atomic E-state index is 11.5. The Labute approximate surface area is 98.2 Å². The zero-order valence-electron chi connectivity index (χ0n) is 8.44. The molecule has 80 valence electrons. The van der Waals surface area contributed by atoms with Gasteiger partial charge in [0.15, 0.2) is 11.6 Å². The number of rotatable bonds is 2. The van der Waals surface area contributed by atoms with Crippen LogP contribution in [0, 0.1) is 0 Å². The molecule has 1 aliphatic carbocycles. The molecule has 0 unspecified atom stereocenters. The van der Waals surface area contributed by atoms with Gasteiger partial charge in [0.1, 0.15) is 0 Å². The maximum Gasteiger partial charge on any atom is 0.182 e. The van der Waals surface area contributed by atoms with Gasteiger partial charge in [0.2, 0.25) is 0 Å². The molecular formula is C13H9ClO2. The zero-order valence-corrected chi connectivity index (χ0v) is 9.20. The summed E-state index contributed by atoms with van der Waals surface area (Å²) in [5, 5.41) is 0.656. The fraction of sp³-hybridized carbons (Fsp3) is 0.0769. The molecule has 0 spiro atoms. The Balaban J connectivity index is 2.18. The quantitative estimate of drug-likeness (QED) is 0.735. The highest BCUT2D eigenvalue weighted by molar-refractivity contribution is 6.30. The summed E-state index contributed by atoms with van der Waals surface area (Å²) in [5.41, 5.74) is 1.49. The van der Waals surface area contributed by atoms with E-state index in [4.69, 9.17) is 11.6 Å². The lowest BCUT2D eigenvalue weighted by Gasteiger charge is -2.06. The maximum absolute atomic E-state index is 11.5. The van der Waals surface area contributed by atoms with E-state index in [1.165, 1.54) is 18.2 Å². The van der Waals surface area contributed by atoms with Gasteiger partial charge in [0.25, 0.3) is 0 Å². The van der Waals surface area contributed by atoms with E-state index in [2.05, 4.69) is 0 Å². The summed E-state index contributed by atoms with van der Waals surface area (Å²) in [4.78, 5) is 22.6. The van der Waals surface area contributed by atoms with Crippen LogP contribution >= 0.6 is 11.6 Å². The molecule has 16 heavy (non-hydrogen) atoms. The van der Waals surface area contributed by atoms with Crippen LogP contribution in [0.5, 0.6) is 0 Å². The van der Waals surface area contributed by atoms with Gasteiger partial charge >= 0.3 is 0 Å². The standard InChI is InChI=1S/C13H9ClO2/c14-11-3-1-9(2-4-11)7-10-8-12(15)5-6-13(10)16/h1-6,8H,7H2. The lowest BCUT2D eigenvalue weighted by Crippen LogP contribution is -2.09. The number of hydrogen-bond donors (Lipinski definition) is 0. The van der Waals surface area contributed by atoms with Gasteiger partial charge in [0, 0.05) is 17.0 Å². The van der Waals surface area contributed by atoms with E-state index in [0.717, 1.165) is 5.56 Å². The minimum Gasteiger partial charge on any atom is -0.290 e. The predicted octanol–water partition coefficient (Wildman–Crippen LogP) is 2.52. The fourth-order valence-corrected chi connectivity index (χ4v) is 1.64. The molecule has 0 aliphatic heterocycles. The highest BCUT2D eigenvalue weighted by Gasteiger charge is 2.13. The normalized spacial score (nSPS) is 15.2. The number of hydrogen-bond acceptors (Lipinski definition) is 2. The van der Waals surface area contributed by atoms with Crippen LogP contribution in [0.3, 0.4) is 0 Å². The molecule has 2 nitrogen and oxygen atoms in total. The van der Waals surface area contributed by atoms with Crippen molar-refractivity contribution in [2.45, 2.75) is 6.42 Å². The zero-order chi connectivity index (χ0) is 11.5. The van der Waals surface area contributed by atoms with Crippen molar-refractivity contribution >= 4 is 23.2 Å². The summed E-state index contributed by atoms with van der Waals surface area (Å²) in [7, 11) is 0. The van der Waals surface area contributed by atoms with Crippen LogP contribution < -0.4 is 0 Å². The Morgan fingerprint density at radius 3 is 2.38 bits per heavy atom. The minimum absolute atomic E-state index is 0.102. The van der Waals surface area contributed by atoms with Crippen molar-refractivity contribution in [2.75, 3.05) is 0 Å². The van der Waals surface area contributed by atoms with E-state index in [1.807, 2.05) is 12.1 Å². The summed E-state index contributed by atoms with van der Waals surface area (Å²) >= 11 is 5.76. The van der Waals surface area contributed by atoms with Gasteiger partial charge in [-0.05, 0) is 35.9 Å². The molecule has 0 fully saturated rings. The second kappa shape index (κ2) is 4.45. The number of ketones is 2. The van der Waals surface area contributed by atoms with Gasteiger partial charge in [-0.25, -0.2) is 0 Å². The Morgan fingerprint density at radius 2 is 1.69 bits per heavy atom. The average molecular weight is 233 g/mol. The van der Waals surface area contributed by atoms with Gasteiger partial charge < -0.3 is 0 Å². The van der Waals surface area contributed by atoms with E-state index in [-0.39, 0.29) is 11.6 Å². The van der Waals surface area contributed by atoms with Crippen LogP contribution in [0.2, 0.25) is 5.02 Å². The molecule has 0 amide bonds. The molecule has 0 saturated carbocycles. The summed E-state index contributed by atoms with van der Waals surface area (Å²) in [6.07, 6.45) is 4.45. The second-order valence-corrected chi connectivity index (χ2v) is 4.01. The molecule has 1 aromatic rings. The Bertz CT molecular complexity index is 495. The number of carbonyl (C=O) groups is 2. The van der Waals surface area contributed by atoms with Crippen LogP contribution in [0.15, 0.2) is 48.1 Å². The van der Waals surface area contributed by atoms with Crippen LogP contribution in [-0.4, -0.2) is 11.6 Å². The molecule has 0 bridgehead atoms. The monoisotopic (exact) mass is 232 g/mol. The molecule has 0 aromatic heterocycles. The van der Waals surface area contributed by atoms with Crippen molar-refractivity contribution in [3.63, 3.8) is 0 Å². The summed E-state index contributed by atoms with van der Waals surface area (Å²) in [6, 6.07) is 7.23. The third-order valence-corrected chi connectivity index (χ3v) is 2.59. The van der Waals surface area contributed by atoms with E-state index >= 15 is 0 Å². The van der Waals surface area contributed by atoms with Crippen molar-refractivity contribution < 1.29 is 9.59 Å². The Hall–Kier alpha value is -1.67. The lowest BCUT2D eigenvalue weighted by atomic mass is 9.97. The van der Waals surface area contributed by atoms with Crippen molar-refractivity contribution in [3.8, 4) is 0 Å². The van der Waals surface area contributed by atoms with Crippen LogP contribution in [-0.2, 0) is 16.0 Å². The molecule has 0 heterocycles. The topological polar surface area (TPSA) is 34.1 Å². The van der Waals surface area contributed by atoms with Crippen molar-refractivity contribution in [3.05, 3.63) is 58.7 Å². The van der Waals surface area contributed by atoms with Gasteiger partial charge in [-0.2, -0.15) is 0 Å². The smallest absolute Gasteiger partial charge is 0.182 e. The fourth-order valence-electron chi connectivity index (χ4n) is 1.52. The van der Waals surface area contributed by atoms with E-state index in [1.54, 1.807) is 12.1 Å². The molecule has 0 saturated heterocycles. The number of halogens is 1. The first-order valence-electron chi connectivity index (χ1n) is 4.86. The highest BCUT2D eigenvalue weighted by atomic mass is 35.5. The van der Waals surface area contributed by atoms with Crippen molar-refractivity contribution in [1.82, 2.24) is 0 Å². The molecule has 0 atom stereocenters. The second-order valence-electron chi connectivity index (χ2n) is 3.57. The van der Waals surface area contributed by atoms with Crippen LogP contribution in [0.1, 0.15) is 5.56 Å². The van der Waals surface area contributed by atoms with E-state index in [9.17, 15) is 9.59 Å². The van der Waals surface area contributed by atoms with E-state index < -0.39 is 0 Å². The predicted molar refractivity (Wildman–Crippen MR) is 62.4 cm³/mol. The third kappa shape index (κ3) is 2.47. The van der Waals surface area contributed by atoms with Gasteiger partial charge in [-0.3, -0.25) is 9.59 Å². The first-order chi connectivity index (χ1) is 7.65. The van der Waals surface area contributed by atoms with E-state index in [0.29, 0.717) is 17.0 Å². The number of carbonyl (C=O) groups excluding carboxylic acids is 2. The molecule has 0 N–H and O–H groups in total. The lowest BCUT2D eigenvalue weighted by molar-refractivity contribution is -0.114. The van der Waals surface area contributed by atoms with Gasteiger partial charge in [0.05, 0.1) is 0 Å². The SMILES string of the molecule is O=C1C=CC(=O)C(Cc2ccc(Cl)cc2)=C1. The number of benzene rings is 1. The minimum atomic E-state index is -0.136. The Kier molecular flexibility index (Phi) is 3.02. The summed E-state index contributed by atoms with van der Waals surface area (Å²) < 4.78 is 0. The van der Waals surface area contributed by atoms with Crippen molar-refractivity contribution in [1.29, 1.82) is 0 Å². The highest BCUT2D eigenvalue weighted by Crippen LogP contribution is 2.15.